The second kappa shape index (κ2) is 18.9. The van der Waals surface area contributed by atoms with Crippen LogP contribution >= 0.6 is 0 Å². The van der Waals surface area contributed by atoms with Crippen molar-refractivity contribution in [3.05, 3.63) is 0 Å². The fraction of sp³-hybridized carbons (Fsp3) is 0.840. The van der Waals surface area contributed by atoms with Gasteiger partial charge in [-0.25, -0.2) is 19.2 Å². The molecule has 0 saturated heterocycles. The zero-order chi connectivity index (χ0) is 31.9. The van der Waals surface area contributed by atoms with Crippen molar-refractivity contribution in [3.8, 4) is 0 Å². The Kier molecular flexibility index (Phi) is 17.8. The lowest BCUT2D eigenvalue weighted by Crippen LogP contribution is -2.46. The van der Waals surface area contributed by atoms with E-state index >= 15 is 0 Å². The molecule has 240 valence electrons. The molecule has 0 spiro atoms. The minimum atomic E-state index is -1.42. The Bertz CT molecular complexity index is 678. The molecule has 16 heteroatoms. The topological polar surface area (TPSA) is 223 Å². The van der Waals surface area contributed by atoms with Crippen molar-refractivity contribution < 1.29 is 77.5 Å². The minimum absolute atomic E-state index is 0.341. The summed E-state index contributed by atoms with van der Waals surface area (Å²) in [6.07, 6.45) is -10.4. The monoisotopic (exact) mass is 600 g/mol. The van der Waals surface area contributed by atoms with Gasteiger partial charge in [0.1, 0.15) is 24.4 Å². The van der Waals surface area contributed by atoms with Crippen LogP contribution in [0.15, 0.2) is 0 Å². The number of carbonyl (C=O) groups excluding carboxylic acids is 4. The molecule has 0 aliphatic rings. The highest BCUT2D eigenvalue weighted by Crippen LogP contribution is 2.25. The Morgan fingerprint density at radius 2 is 0.610 bits per heavy atom. The van der Waals surface area contributed by atoms with Gasteiger partial charge in [0.2, 0.25) is 0 Å². The first-order chi connectivity index (χ1) is 18.9. The van der Waals surface area contributed by atoms with Crippen LogP contribution in [0.1, 0.15) is 55.4 Å². The van der Waals surface area contributed by atoms with Gasteiger partial charge in [-0.3, -0.25) is 0 Å². The molecule has 0 fully saturated rings. The highest BCUT2D eigenvalue weighted by molar-refractivity contribution is 5.74. The van der Waals surface area contributed by atoms with E-state index in [4.69, 9.17) is 37.9 Å². The second-order valence-electron chi connectivity index (χ2n) is 9.47. The van der Waals surface area contributed by atoms with E-state index in [1.807, 2.05) is 0 Å². The molecule has 0 aromatic carbocycles. The smallest absolute Gasteiger partial charge is 0.336 e. The second-order valence-corrected chi connectivity index (χ2v) is 9.47. The van der Waals surface area contributed by atoms with Crippen LogP contribution in [0.4, 0.5) is 0 Å². The van der Waals surface area contributed by atoms with Gasteiger partial charge in [0.15, 0.2) is 25.2 Å². The number of aliphatic hydroxyl groups excluding tert-OH is 4. The standard InChI is InChI=1S/C25H44O16/c1-13(26)21(30)38-17(5)34-9-25(10-35-18(6)39-22(31)14(2)27,11-36-19(7)40-23(32)15(3)28)12-37-20(8)41-24(33)16(4)29/h13-20,26-29H,9-12H2,1-8H3. The molecule has 0 heterocycles. The van der Waals surface area contributed by atoms with Crippen molar-refractivity contribution in [1.82, 2.24) is 0 Å². The molecule has 0 aromatic rings. The highest BCUT2D eigenvalue weighted by Gasteiger charge is 2.37. The summed E-state index contributed by atoms with van der Waals surface area (Å²) >= 11 is 0. The molecule has 0 bridgehead atoms. The molecule has 0 rings (SSSR count). The maximum absolute atomic E-state index is 11.8. The van der Waals surface area contributed by atoms with Gasteiger partial charge in [0, 0.05) is 0 Å². The number of aliphatic hydroxyl groups is 4. The van der Waals surface area contributed by atoms with Crippen LogP contribution < -0.4 is 0 Å². The predicted molar refractivity (Wildman–Crippen MR) is 135 cm³/mol. The molecule has 41 heavy (non-hydrogen) atoms. The first-order valence-corrected chi connectivity index (χ1v) is 12.9. The van der Waals surface area contributed by atoms with Gasteiger partial charge >= 0.3 is 23.9 Å². The van der Waals surface area contributed by atoms with Crippen molar-refractivity contribution in [1.29, 1.82) is 0 Å². The lowest BCUT2D eigenvalue weighted by Gasteiger charge is -2.36. The van der Waals surface area contributed by atoms with E-state index in [1.165, 1.54) is 55.4 Å². The van der Waals surface area contributed by atoms with Crippen molar-refractivity contribution >= 4 is 23.9 Å². The maximum atomic E-state index is 11.8. The Morgan fingerprint density at radius 1 is 0.439 bits per heavy atom. The summed E-state index contributed by atoms with van der Waals surface area (Å²) in [6.45, 7) is 8.96. The molecule has 8 unspecified atom stereocenters. The maximum Gasteiger partial charge on any atom is 0.336 e. The summed E-state index contributed by atoms with van der Waals surface area (Å²) in [4.78, 5) is 47.1. The Hall–Kier alpha value is -2.44. The molecular weight excluding hydrogens is 556 g/mol. The lowest BCUT2D eigenvalue weighted by molar-refractivity contribution is -0.235. The molecule has 8 atom stereocenters. The molecule has 0 aromatic heterocycles. The van der Waals surface area contributed by atoms with Crippen LogP contribution in [-0.2, 0) is 57.1 Å². The fourth-order valence-electron chi connectivity index (χ4n) is 2.61. The average Bonchev–Trinajstić information content (AvgIpc) is 2.87. The van der Waals surface area contributed by atoms with E-state index in [0.29, 0.717) is 0 Å². The quantitative estimate of drug-likeness (QED) is 0.0756. The van der Waals surface area contributed by atoms with Gasteiger partial charge < -0.3 is 58.3 Å². The van der Waals surface area contributed by atoms with Crippen molar-refractivity contribution in [2.45, 2.75) is 105 Å². The molecule has 0 amide bonds. The number of ether oxygens (including phenoxy) is 8. The molecule has 0 aliphatic heterocycles. The largest absolute Gasteiger partial charge is 0.434 e. The van der Waals surface area contributed by atoms with Crippen molar-refractivity contribution in [2.24, 2.45) is 5.41 Å². The van der Waals surface area contributed by atoms with Crippen LogP contribution in [0.2, 0.25) is 0 Å². The van der Waals surface area contributed by atoms with Gasteiger partial charge in [-0.05, 0) is 55.4 Å². The van der Waals surface area contributed by atoms with E-state index in [-0.39, 0.29) is 26.4 Å². The molecule has 16 nitrogen and oxygen atoms in total. The number of rotatable bonds is 20. The Balaban J connectivity index is 5.94. The van der Waals surface area contributed by atoms with Crippen LogP contribution in [0.25, 0.3) is 0 Å². The SMILES string of the molecule is CC(OCC(COC(C)OC(=O)C(C)O)(COC(C)OC(=O)C(C)O)COC(C)OC(=O)C(C)O)OC(=O)C(C)O. The number of carbonyl (C=O) groups is 4. The van der Waals surface area contributed by atoms with Gasteiger partial charge in [0.25, 0.3) is 0 Å². The third-order valence-corrected chi connectivity index (χ3v) is 4.99. The zero-order valence-electron chi connectivity index (χ0n) is 24.6. The normalized spacial score (nSPS) is 18.8. The minimum Gasteiger partial charge on any atom is -0.434 e. The fourth-order valence-corrected chi connectivity index (χ4v) is 2.61. The summed E-state index contributed by atoms with van der Waals surface area (Å²) in [7, 11) is 0. The zero-order valence-corrected chi connectivity index (χ0v) is 24.6. The molecule has 0 aliphatic carbocycles. The van der Waals surface area contributed by atoms with Gasteiger partial charge in [-0.15, -0.1) is 0 Å². The van der Waals surface area contributed by atoms with E-state index in [1.54, 1.807) is 0 Å². The molecule has 0 radical (unpaired) electrons. The molecule has 4 N–H and O–H groups in total. The van der Waals surface area contributed by atoms with Crippen LogP contribution in [0.5, 0.6) is 0 Å². The summed E-state index contributed by atoms with van der Waals surface area (Å²) in [5.41, 5.74) is -1.37. The van der Waals surface area contributed by atoms with Gasteiger partial charge in [0.05, 0.1) is 31.8 Å². The predicted octanol–water partition coefficient (Wildman–Crippen LogP) is -0.881. The summed E-state index contributed by atoms with van der Waals surface area (Å²) in [5, 5.41) is 37.6. The Morgan fingerprint density at radius 3 is 0.756 bits per heavy atom. The third-order valence-electron chi connectivity index (χ3n) is 4.99. The number of hydrogen-bond donors (Lipinski definition) is 4. The Labute approximate surface area is 238 Å². The number of hydrogen-bond acceptors (Lipinski definition) is 16. The number of esters is 4. The first kappa shape index (κ1) is 38.6. The summed E-state index contributed by atoms with van der Waals surface area (Å²) in [6, 6.07) is 0. The van der Waals surface area contributed by atoms with Crippen molar-refractivity contribution in [3.63, 3.8) is 0 Å². The first-order valence-electron chi connectivity index (χ1n) is 12.9. The molecule has 0 saturated carbocycles. The van der Waals surface area contributed by atoms with E-state index < -0.39 is 78.9 Å². The lowest BCUT2D eigenvalue weighted by atomic mass is 9.92. The van der Waals surface area contributed by atoms with E-state index in [2.05, 4.69) is 0 Å². The van der Waals surface area contributed by atoms with Gasteiger partial charge in [-0.1, -0.05) is 0 Å². The third kappa shape index (κ3) is 16.6. The van der Waals surface area contributed by atoms with E-state index in [9.17, 15) is 39.6 Å². The van der Waals surface area contributed by atoms with Crippen LogP contribution in [-0.4, -0.2) is 120 Å². The van der Waals surface area contributed by atoms with Crippen LogP contribution in [0.3, 0.4) is 0 Å². The van der Waals surface area contributed by atoms with Crippen molar-refractivity contribution in [2.75, 3.05) is 26.4 Å². The van der Waals surface area contributed by atoms with Gasteiger partial charge in [-0.2, -0.15) is 0 Å². The summed E-state index contributed by atoms with van der Waals surface area (Å²) in [5.74, 6) is -3.82. The summed E-state index contributed by atoms with van der Waals surface area (Å²) < 4.78 is 42.6. The van der Waals surface area contributed by atoms with Crippen LogP contribution in [0, 0.1) is 5.41 Å². The van der Waals surface area contributed by atoms with E-state index in [0.717, 1.165) is 0 Å². The molecular formula is C25H44O16. The highest BCUT2D eigenvalue weighted by atomic mass is 16.7. The average molecular weight is 601 g/mol.